The summed E-state index contributed by atoms with van der Waals surface area (Å²) >= 11 is 0. The summed E-state index contributed by atoms with van der Waals surface area (Å²) in [5.41, 5.74) is 1.64. The molecule has 1 N–H and O–H groups in total. The molecule has 6 nitrogen and oxygen atoms in total. The number of methoxy groups -OCH3 is 1. The van der Waals surface area contributed by atoms with Crippen molar-refractivity contribution in [1.82, 2.24) is 9.97 Å². The van der Waals surface area contributed by atoms with E-state index in [4.69, 9.17) is 0 Å². The van der Waals surface area contributed by atoms with E-state index in [2.05, 4.69) is 26.9 Å². The van der Waals surface area contributed by atoms with Crippen molar-refractivity contribution in [2.45, 2.75) is 27.2 Å². The molecule has 0 atom stereocenters. The number of nitrogens with zero attached hydrogens (tertiary/aromatic N) is 2. The van der Waals surface area contributed by atoms with Crippen LogP contribution >= 0.6 is 0 Å². The summed E-state index contributed by atoms with van der Waals surface area (Å²) < 4.78 is 4.67. The molecule has 1 aromatic heterocycles. The molecular formula is C21H23N3O3. The van der Waals surface area contributed by atoms with Gasteiger partial charge in [-0.05, 0) is 28.8 Å². The third kappa shape index (κ3) is 4.28. The van der Waals surface area contributed by atoms with E-state index in [0.717, 1.165) is 17.2 Å². The highest BCUT2D eigenvalue weighted by Gasteiger charge is 2.18. The van der Waals surface area contributed by atoms with Crippen molar-refractivity contribution in [2.24, 2.45) is 0 Å². The van der Waals surface area contributed by atoms with Gasteiger partial charge in [0.15, 0.2) is 11.5 Å². The van der Waals surface area contributed by atoms with Crippen molar-refractivity contribution in [3.8, 4) is 0 Å². The van der Waals surface area contributed by atoms with Crippen LogP contribution in [-0.2, 0) is 11.2 Å². The summed E-state index contributed by atoms with van der Waals surface area (Å²) in [6.45, 7) is 6.07. The fourth-order valence-corrected chi connectivity index (χ4v) is 2.72. The molecule has 0 bridgehead atoms. The Morgan fingerprint density at radius 2 is 1.67 bits per heavy atom. The molecule has 0 spiro atoms. The SMILES string of the molecule is CC.CCc1ccc(C(=O)Nc2nccnc2C(=O)OC)c2ccccc12. The van der Waals surface area contributed by atoms with Crippen molar-refractivity contribution in [1.29, 1.82) is 0 Å². The Kier molecular flexibility index (Phi) is 7.00. The van der Waals surface area contributed by atoms with Crippen LogP contribution in [0.1, 0.15) is 47.2 Å². The second-order valence-corrected chi connectivity index (χ2v) is 5.37. The number of carbonyl (C=O) groups excluding carboxylic acids is 2. The van der Waals surface area contributed by atoms with Crippen LogP contribution < -0.4 is 5.32 Å². The number of amides is 1. The quantitative estimate of drug-likeness (QED) is 0.699. The Balaban J connectivity index is 0.00000126. The second kappa shape index (κ2) is 9.43. The Labute approximate surface area is 158 Å². The number of aryl methyl sites for hydroxylation is 1. The zero-order valence-electron chi connectivity index (χ0n) is 15.9. The first kappa shape index (κ1) is 20.0. The second-order valence-electron chi connectivity index (χ2n) is 5.37. The first-order valence-corrected chi connectivity index (χ1v) is 8.87. The maximum Gasteiger partial charge on any atom is 0.360 e. The largest absolute Gasteiger partial charge is 0.464 e. The van der Waals surface area contributed by atoms with Gasteiger partial charge in [0.25, 0.3) is 5.91 Å². The van der Waals surface area contributed by atoms with Gasteiger partial charge in [0.1, 0.15) is 0 Å². The van der Waals surface area contributed by atoms with Crippen LogP contribution in [0.3, 0.4) is 0 Å². The fraction of sp³-hybridized carbons (Fsp3) is 0.238. The number of ether oxygens (including phenoxy) is 1. The number of nitrogens with one attached hydrogen (secondary N) is 1. The minimum atomic E-state index is -0.658. The number of benzene rings is 2. The van der Waals surface area contributed by atoms with Crippen molar-refractivity contribution in [3.63, 3.8) is 0 Å². The topological polar surface area (TPSA) is 81.2 Å². The molecule has 0 aliphatic heterocycles. The molecule has 3 aromatic rings. The van der Waals surface area contributed by atoms with Crippen LogP contribution in [0.5, 0.6) is 0 Å². The zero-order chi connectivity index (χ0) is 19.8. The van der Waals surface area contributed by atoms with E-state index >= 15 is 0 Å². The van der Waals surface area contributed by atoms with Crippen LogP contribution in [0.15, 0.2) is 48.8 Å². The normalized spacial score (nSPS) is 9.93. The molecule has 0 unspecified atom stereocenters. The highest BCUT2D eigenvalue weighted by Crippen LogP contribution is 2.24. The standard InChI is InChI=1S/C19H17N3O3.C2H6/c1-3-12-8-9-15(14-7-5-4-6-13(12)14)18(23)22-17-16(19(24)25-2)20-10-11-21-17;1-2/h4-11H,3H2,1-2H3,(H,21,22,23);1-2H3. The lowest BCUT2D eigenvalue weighted by Gasteiger charge is -2.11. The van der Waals surface area contributed by atoms with E-state index < -0.39 is 5.97 Å². The lowest BCUT2D eigenvalue weighted by atomic mass is 9.98. The third-order valence-corrected chi connectivity index (χ3v) is 3.95. The van der Waals surface area contributed by atoms with Gasteiger partial charge in [0.2, 0.25) is 0 Å². The highest BCUT2D eigenvalue weighted by atomic mass is 16.5. The number of esters is 1. The van der Waals surface area contributed by atoms with E-state index in [1.165, 1.54) is 25.1 Å². The Morgan fingerprint density at radius 3 is 2.33 bits per heavy atom. The molecule has 0 aliphatic carbocycles. The predicted octanol–water partition coefficient (Wildman–Crippen LogP) is 4.26. The third-order valence-electron chi connectivity index (χ3n) is 3.95. The first-order chi connectivity index (χ1) is 13.2. The van der Waals surface area contributed by atoms with Gasteiger partial charge in [-0.25, -0.2) is 14.8 Å². The molecule has 0 saturated heterocycles. The average molecular weight is 365 g/mol. The zero-order valence-corrected chi connectivity index (χ0v) is 15.9. The van der Waals surface area contributed by atoms with Gasteiger partial charge in [-0.15, -0.1) is 0 Å². The Bertz CT molecular complexity index is 954. The predicted molar refractivity (Wildman–Crippen MR) is 106 cm³/mol. The van der Waals surface area contributed by atoms with Gasteiger partial charge in [-0.1, -0.05) is 51.1 Å². The van der Waals surface area contributed by atoms with Crippen LogP contribution in [0.4, 0.5) is 5.82 Å². The first-order valence-electron chi connectivity index (χ1n) is 8.87. The van der Waals surface area contributed by atoms with E-state index in [1.54, 1.807) is 6.07 Å². The summed E-state index contributed by atoms with van der Waals surface area (Å²) in [4.78, 5) is 32.5. The fourth-order valence-electron chi connectivity index (χ4n) is 2.72. The molecule has 2 aromatic carbocycles. The van der Waals surface area contributed by atoms with E-state index in [1.807, 2.05) is 44.2 Å². The maximum atomic E-state index is 12.8. The van der Waals surface area contributed by atoms with Crippen molar-refractivity contribution in [2.75, 3.05) is 12.4 Å². The Hall–Kier alpha value is -3.28. The van der Waals surface area contributed by atoms with Gasteiger partial charge in [-0.3, -0.25) is 4.79 Å². The van der Waals surface area contributed by atoms with Gasteiger partial charge < -0.3 is 10.1 Å². The summed E-state index contributed by atoms with van der Waals surface area (Å²) in [6, 6.07) is 11.5. The molecule has 140 valence electrons. The minimum absolute atomic E-state index is 0.0344. The summed E-state index contributed by atoms with van der Waals surface area (Å²) in [5, 5.41) is 4.54. The van der Waals surface area contributed by atoms with Gasteiger partial charge in [-0.2, -0.15) is 0 Å². The molecule has 0 radical (unpaired) electrons. The number of anilines is 1. The molecule has 0 aliphatic rings. The summed E-state index contributed by atoms with van der Waals surface area (Å²) in [7, 11) is 1.25. The van der Waals surface area contributed by atoms with E-state index in [0.29, 0.717) is 5.56 Å². The van der Waals surface area contributed by atoms with E-state index in [-0.39, 0.29) is 17.4 Å². The van der Waals surface area contributed by atoms with Crippen LogP contribution in [0.2, 0.25) is 0 Å². The molecule has 0 saturated carbocycles. The van der Waals surface area contributed by atoms with E-state index in [9.17, 15) is 9.59 Å². The van der Waals surface area contributed by atoms with Crippen molar-refractivity contribution >= 4 is 28.5 Å². The minimum Gasteiger partial charge on any atom is -0.464 e. The maximum absolute atomic E-state index is 12.8. The summed E-state index contributed by atoms with van der Waals surface area (Å²) in [6.07, 6.45) is 3.65. The summed E-state index contributed by atoms with van der Waals surface area (Å²) in [5.74, 6) is -0.943. The number of carbonyl (C=O) groups is 2. The molecule has 3 rings (SSSR count). The number of fused-ring (bicyclic) bond motifs is 1. The van der Waals surface area contributed by atoms with Crippen LogP contribution in [0, 0.1) is 0 Å². The average Bonchev–Trinajstić information content (AvgIpc) is 2.74. The van der Waals surface area contributed by atoms with Crippen LogP contribution in [0.25, 0.3) is 10.8 Å². The lowest BCUT2D eigenvalue weighted by Crippen LogP contribution is -2.18. The van der Waals surface area contributed by atoms with Gasteiger partial charge >= 0.3 is 5.97 Å². The monoisotopic (exact) mass is 365 g/mol. The molecule has 0 fully saturated rings. The lowest BCUT2D eigenvalue weighted by molar-refractivity contribution is 0.0595. The number of aromatic nitrogens is 2. The molecule has 6 heteroatoms. The van der Waals surface area contributed by atoms with Crippen LogP contribution in [-0.4, -0.2) is 29.0 Å². The molecule has 1 heterocycles. The van der Waals surface area contributed by atoms with Gasteiger partial charge in [0, 0.05) is 18.0 Å². The molecule has 1 amide bonds. The Morgan fingerprint density at radius 1 is 1.00 bits per heavy atom. The number of hydrogen-bond acceptors (Lipinski definition) is 5. The highest BCUT2D eigenvalue weighted by molar-refractivity contribution is 6.14. The molecule has 27 heavy (non-hydrogen) atoms. The smallest absolute Gasteiger partial charge is 0.360 e. The van der Waals surface area contributed by atoms with Crippen molar-refractivity contribution in [3.05, 3.63) is 65.6 Å². The number of hydrogen-bond donors (Lipinski definition) is 1. The molecular weight excluding hydrogens is 342 g/mol. The number of rotatable bonds is 4. The van der Waals surface area contributed by atoms with Crippen molar-refractivity contribution < 1.29 is 14.3 Å². The van der Waals surface area contributed by atoms with Gasteiger partial charge in [0.05, 0.1) is 7.11 Å².